The van der Waals surface area contributed by atoms with Gasteiger partial charge in [0.05, 0.1) is 7.11 Å². The molecule has 0 saturated carbocycles. The molecule has 25 heavy (non-hydrogen) atoms. The van der Waals surface area contributed by atoms with Gasteiger partial charge in [0.25, 0.3) is 0 Å². The van der Waals surface area contributed by atoms with Crippen LogP contribution in [-0.4, -0.2) is 32.9 Å². The summed E-state index contributed by atoms with van der Waals surface area (Å²) in [5.41, 5.74) is 0.776. The smallest absolute Gasteiger partial charge is 0.249 e. The van der Waals surface area contributed by atoms with E-state index in [1.165, 1.54) is 0 Å². The average molecular weight is 341 g/mol. The summed E-state index contributed by atoms with van der Waals surface area (Å²) in [6, 6.07) is 8.28. The van der Waals surface area contributed by atoms with Crippen molar-refractivity contribution in [3.8, 4) is 17.1 Å². The molecule has 0 aliphatic heterocycles. The van der Waals surface area contributed by atoms with Crippen LogP contribution < -0.4 is 10.1 Å². The van der Waals surface area contributed by atoms with Crippen molar-refractivity contribution in [2.45, 2.75) is 25.9 Å². The third-order valence-electron chi connectivity index (χ3n) is 3.80. The lowest BCUT2D eigenvalue weighted by molar-refractivity contribution is -0.125. The molecule has 8 heteroatoms. The fourth-order valence-electron chi connectivity index (χ4n) is 2.32. The van der Waals surface area contributed by atoms with E-state index in [0.29, 0.717) is 17.5 Å². The SMILES string of the molecule is COc1cccc(-c2noc(C(C)NC(=O)C(C)n3cccn3)n2)c1. The van der Waals surface area contributed by atoms with Gasteiger partial charge >= 0.3 is 0 Å². The maximum Gasteiger partial charge on any atom is 0.249 e. The van der Waals surface area contributed by atoms with Gasteiger partial charge in [-0.1, -0.05) is 17.3 Å². The van der Waals surface area contributed by atoms with Crippen molar-refractivity contribution in [3.05, 3.63) is 48.6 Å². The van der Waals surface area contributed by atoms with Crippen LogP contribution in [0.5, 0.6) is 5.75 Å². The number of benzene rings is 1. The molecule has 0 saturated heterocycles. The fraction of sp³-hybridized carbons (Fsp3) is 0.294. The Bertz CT molecular complexity index is 844. The molecule has 0 bridgehead atoms. The van der Waals surface area contributed by atoms with Crippen molar-refractivity contribution in [1.82, 2.24) is 25.2 Å². The Morgan fingerprint density at radius 1 is 1.32 bits per heavy atom. The zero-order valence-corrected chi connectivity index (χ0v) is 14.2. The summed E-state index contributed by atoms with van der Waals surface area (Å²) < 4.78 is 12.1. The van der Waals surface area contributed by atoms with Crippen molar-refractivity contribution in [2.75, 3.05) is 7.11 Å². The molecule has 0 aliphatic rings. The third kappa shape index (κ3) is 3.68. The number of rotatable bonds is 6. The summed E-state index contributed by atoms with van der Waals surface area (Å²) in [5.74, 6) is 1.30. The van der Waals surface area contributed by atoms with Gasteiger partial charge in [-0.05, 0) is 32.0 Å². The molecule has 2 unspecified atom stereocenters. The van der Waals surface area contributed by atoms with E-state index in [-0.39, 0.29) is 5.91 Å². The quantitative estimate of drug-likeness (QED) is 0.739. The number of methoxy groups -OCH3 is 1. The number of nitrogens with one attached hydrogen (secondary N) is 1. The van der Waals surface area contributed by atoms with E-state index in [9.17, 15) is 4.79 Å². The second-order valence-corrected chi connectivity index (χ2v) is 5.58. The summed E-state index contributed by atoms with van der Waals surface area (Å²) in [6.45, 7) is 3.56. The number of carbonyl (C=O) groups excluding carboxylic acids is 1. The molecule has 2 heterocycles. The maximum atomic E-state index is 12.3. The molecule has 2 atom stereocenters. The van der Waals surface area contributed by atoms with Crippen LogP contribution in [0.3, 0.4) is 0 Å². The molecule has 130 valence electrons. The highest BCUT2D eigenvalue weighted by molar-refractivity contribution is 5.80. The summed E-state index contributed by atoms with van der Waals surface area (Å²) in [5, 5.41) is 10.9. The van der Waals surface area contributed by atoms with Crippen LogP contribution in [0, 0.1) is 0 Å². The Balaban J connectivity index is 1.70. The highest BCUT2D eigenvalue weighted by atomic mass is 16.5. The Labute approximate surface area is 144 Å². The van der Waals surface area contributed by atoms with E-state index in [1.54, 1.807) is 44.1 Å². The number of hydrogen-bond acceptors (Lipinski definition) is 6. The lowest BCUT2D eigenvalue weighted by Gasteiger charge is -2.15. The second-order valence-electron chi connectivity index (χ2n) is 5.58. The highest BCUT2D eigenvalue weighted by Crippen LogP contribution is 2.22. The van der Waals surface area contributed by atoms with Gasteiger partial charge in [0.15, 0.2) is 0 Å². The molecule has 3 aromatic rings. The van der Waals surface area contributed by atoms with Crippen molar-refractivity contribution >= 4 is 5.91 Å². The topological polar surface area (TPSA) is 95.1 Å². The van der Waals surface area contributed by atoms with Gasteiger partial charge in [-0.2, -0.15) is 10.1 Å². The van der Waals surface area contributed by atoms with Gasteiger partial charge < -0.3 is 14.6 Å². The molecule has 1 amide bonds. The van der Waals surface area contributed by atoms with Crippen LogP contribution in [0.4, 0.5) is 0 Å². The van der Waals surface area contributed by atoms with Crippen molar-refractivity contribution in [3.63, 3.8) is 0 Å². The summed E-state index contributed by atoms with van der Waals surface area (Å²) in [7, 11) is 1.60. The van der Waals surface area contributed by atoms with Crippen LogP contribution in [0.1, 0.15) is 31.8 Å². The Morgan fingerprint density at radius 3 is 2.88 bits per heavy atom. The lowest BCUT2D eigenvalue weighted by Crippen LogP contribution is -2.33. The van der Waals surface area contributed by atoms with Crippen molar-refractivity contribution < 1.29 is 14.1 Å². The van der Waals surface area contributed by atoms with E-state index in [4.69, 9.17) is 9.26 Å². The molecular formula is C17H19N5O3. The second kappa shape index (κ2) is 7.16. The summed E-state index contributed by atoms with van der Waals surface area (Å²) in [4.78, 5) is 16.7. The van der Waals surface area contributed by atoms with E-state index < -0.39 is 12.1 Å². The normalized spacial score (nSPS) is 13.2. The van der Waals surface area contributed by atoms with E-state index in [2.05, 4.69) is 20.6 Å². The molecule has 0 fully saturated rings. The Morgan fingerprint density at radius 2 is 2.16 bits per heavy atom. The predicted molar refractivity (Wildman–Crippen MR) is 89.8 cm³/mol. The zero-order valence-electron chi connectivity index (χ0n) is 14.2. The van der Waals surface area contributed by atoms with Crippen LogP contribution >= 0.6 is 0 Å². The van der Waals surface area contributed by atoms with Gasteiger partial charge in [-0.25, -0.2) is 0 Å². The van der Waals surface area contributed by atoms with E-state index in [1.807, 2.05) is 24.3 Å². The minimum Gasteiger partial charge on any atom is -0.497 e. The first-order valence-electron chi connectivity index (χ1n) is 7.86. The van der Waals surface area contributed by atoms with Crippen LogP contribution in [0.25, 0.3) is 11.4 Å². The molecule has 1 N–H and O–H groups in total. The standard InChI is InChI=1S/C17H19N5O3/c1-11(19-16(23)12(2)22-9-5-8-18-22)17-20-15(21-25-17)13-6-4-7-14(10-13)24-3/h4-12H,1-3H3,(H,19,23). The molecule has 0 radical (unpaired) electrons. The predicted octanol–water partition coefficient (Wildman–Crippen LogP) is 2.38. The van der Waals surface area contributed by atoms with Crippen LogP contribution in [0.2, 0.25) is 0 Å². The van der Waals surface area contributed by atoms with Crippen LogP contribution in [-0.2, 0) is 4.79 Å². The fourth-order valence-corrected chi connectivity index (χ4v) is 2.32. The maximum absolute atomic E-state index is 12.3. The molecular weight excluding hydrogens is 322 g/mol. The van der Waals surface area contributed by atoms with Gasteiger partial charge in [0.1, 0.15) is 17.8 Å². The number of aromatic nitrogens is 4. The minimum atomic E-state index is -0.432. The van der Waals surface area contributed by atoms with E-state index in [0.717, 1.165) is 5.56 Å². The van der Waals surface area contributed by atoms with Crippen molar-refractivity contribution in [2.24, 2.45) is 0 Å². The Kier molecular flexibility index (Phi) is 4.78. The summed E-state index contributed by atoms with van der Waals surface area (Å²) >= 11 is 0. The third-order valence-corrected chi connectivity index (χ3v) is 3.80. The monoisotopic (exact) mass is 341 g/mol. The number of carbonyl (C=O) groups is 1. The van der Waals surface area contributed by atoms with Gasteiger partial charge in [0.2, 0.25) is 17.6 Å². The largest absolute Gasteiger partial charge is 0.497 e. The molecule has 3 rings (SSSR count). The number of ether oxygens (including phenoxy) is 1. The number of amides is 1. The first kappa shape index (κ1) is 16.7. The van der Waals surface area contributed by atoms with Crippen molar-refractivity contribution in [1.29, 1.82) is 0 Å². The average Bonchev–Trinajstić information content (AvgIpc) is 3.32. The first-order chi connectivity index (χ1) is 12.1. The Hall–Kier alpha value is -3.16. The lowest BCUT2D eigenvalue weighted by atomic mass is 10.2. The van der Waals surface area contributed by atoms with Gasteiger partial charge in [-0.3, -0.25) is 9.48 Å². The van der Waals surface area contributed by atoms with Gasteiger partial charge in [0, 0.05) is 18.0 Å². The molecule has 0 aliphatic carbocycles. The molecule has 8 nitrogen and oxygen atoms in total. The van der Waals surface area contributed by atoms with Crippen LogP contribution in [0.15, 0.2) is 47.2 Å². The molecule has 1 aromatic carbocycles. The summed E-state index contributed by atoms with van der Waals surface area (Å²) in [6.07, 6.45) is 3.37. The molecule has 2 aromatic heterocycles. The first-order valence-corrected chi connectivity index (χ1v) is 7.86. The van der Waals surface area contributed by atoms with Gasteiger partial charge in [-0.15, -0.1) is 0 Å². The number of nitrogens with zero attached hydrogens (tertiary/aromatic N) is 4. The molecule has 0 spiro atoms. The zero-order chi connectivity index (χ0) is 17.8. The highest BCUT2D eigenvalue weighted by Gasteiger charge is 2.21. The van der Waals surface area contributed by atoms with E-state index >= 15 is 0 Å². The minimum absolute atomic E-state index is 0.183. The number of hydrogen-bond donors (Lipinski definition) is 1.